The van der Waals surface area contributed by atoms with Crippen LogP contribution in [0.4, 0.5) is 8.78 Å². The third-order valence-corrected chi connectivity index (χ3v) is 5.76. The van der Waals surface area contributed by atoms with Crippen LogP contribution in [0.1, 0.15) is 27.2 Å². The molecule has 0 spiro atoms. The fraction of sp³-hybridized carbons (Fsp3) is 0.882. The molecule has 142 valence electrons. The number of nitrogens with one attached hydrogen (secondary N) is 1. The van der Waals surface area contributed by atoms with Crippen LogP contribution in [-0.2, 0) is 0 Å². The number of aliphatic hydroxyl groups is 1. The number of likely N-dealkylation sites (N-methyl/N-ethyl adjacent to an activating group) is 2. The van der Waals surface area contributed by atoms with Crippen molar-refractivity contribution in [2.75, 3.05) is 33.8 Å². The summed E-state index contributed by atoms with van der Waals surface area (Å²) in [5, 5.41) is 14.1. The van der Waals surface area contributed by atoms with Gasteiger partial charge < -0.3 is 20.6 Å². The summed E-state index contributed by atoms with van der Waals surface area (Å²) < 4.78 is 28.0. The van der Waals surface area contributed by atoms with Crippen molar-refractivity contribution < 1.29 is 19.2 Å². The Hall–Kier alpha value is -0.600. The maximum atomic E-state index is 14.0. The first kappa shape index (κ1) is 21.4. The lowest BCUT2D eigenvalue weighted by Gasteiger charge is -2.45. The first-order chi connectivity index (χ1) is 11.2. The Morgan fingerprint density at radius 3 is 2.58 bits per heavy atom. The predicted octanol–water partition coefficient (Wildman–Crippen LogP) is 0.178. The van der Waals surface area contributed by atoms with Crippen LogP contribution in [0.15, 0.2) is 11.8 Å². The molecule has 5 unspecified atom stereocenters. The monoisotopic (exact) mass is 349 g/mol. The number of hydrogen-bond donors (Lipinski definition) is 4. The molecule has 1 aliphatic heterocycles. The van der Waals surface area contributed by atoms with Gasteiger partial charge in [0.1, 0.15) is 6.17 Å². The number of nitrogens with zero attached hydrogens (tertiary/aromatic N) is 1. The fourth-order valence-corrected chi connectivity index (χ4v) is 3.61. The highest BCUT2D eigenvalue weighted by molar-refractivity contribution is 5.23. The van der Waals surface area contributed by atoms with E-state index in [1.807, 2.05) is 32.5 Å². The minimum absolute atomic E-state index is 0.124. The number of hydrogen-bond acceptors (Lipinski definition) is 4. The molecule has 0 aromatic carbocycles. The van der Waals surface area contributed by atoms with Gasteiger partial charge in [0.15, 0.2) is 0 Å². The first-order valence-electron chi connectivity index (χ1n) is 8.76. The van der Waals surface area contributed by atoms with E-state index in [2.05, 4.69) is 17.1 Å². The first-order valence-corrected chi connectivity index (χ1v) is 8.76. The van der Waals surface area contributed by atoms with Crippen molar-refractivity contribution in [2.45, 2.75) is 45.8 Å². The topological polar surface area (TPSA) is 78.1 Å². The molecule has 0 bridgehead atoms. The summed E-state index contributed by atoms with van der Waals surface area (Å²) in [5.41, 5.74) is 5.53. The van der Waals surface area contributed by atoms with Crippen LogP contribution >= 0.6 is 0 Å². The summed E-state index contributed by atoms with van der Waals surface area (Å²) in [6, 6.07) is -0.127. The van der Waals surface area contributed by atoms with E-state index in [0.29, 0.717) is 6.54 Å². The largest absolute Gasteiger partial charge is 0.395 e. The van der Waals surface area contributed by atoms with Crippen LogP contribution in [0.2, 0.25) is 0 Å². The van der Waals surface area contributed by atoms with Crippen molar-refractivity contribution in [1.29, 1.82) is 0 Å². The molecule has 5 atom stereocenters. The zero-order chi connectivity index (χ0) is 18.5. The molecule has 0 aliphatic carbocycles. The van der Waals surface area contributed by atoms with Crippen LogP contribution in [0.25, 0.3) is 0 Å². The highest BCUT2D eigenvalue weighted by Crippen LogP contribution is 2.45. The quantitative estimate of drug-likeness (QED) is 0.479. The number of alkyl halides is 2. The fourth-order valence-electron chi connectivity index (χ4n) is 3.61. The average molecular weight is 349 g/mol. The molecule has 6 N–H and O–H groups in total. The maximum Gasteiger partial charge on any atom is 0.248 e. The molecule has 0 amide bonds. The number of halogens is 2. The number of rotatable bonds is 9. The predicted molar refractivity (Wildman–Crippen MR) is 92.5 cm³/mol. The van der Waals surface area contributed by atoms with Gasteiger partial charge in [-0.3, -0.25) is 5.73 Å². The number of aliphatic hydroxyl groups excluding tert-OH is 1. The van der Waals surface area contributed by atoms with Gasteiger partial charge in [0.05, 0.1) is 18.2 Å². The van der Waals surface area contributed by atoms with Crippen molar-refractivity contribution >= 4 is 0 Å². The van der Waals surface area contributed by atoms with E-state index in [4.69, 9.17) is 10.8 Å². The van der Waals surface area contributed by atoms with Crippen LogP contribution in [0.5, 0.6) is 0 Å². The minimum atomic E-state index is -2.46. The van der Waals surface area contributed by atoms with Crippen LogP contribution in [0, 0.1) is 17.3 Å². The Balaban J connectivity index is 2.95. The Bertz CT molecular complexity index is 421. The van der Waals surface area contributed by atoms with E-state index in [0.717, 1.165) is 18.5 Å². The summed E-state index contributed by atoms with van der Waals surface area (Å²) in [6.07, 6.45) is -0.139. The molecule has 1 aliphatic rings. The summed E-state index contributed by atoms with van der Waals surface area (Å²) in [6.45, 7) is 7.09. The summed E-state index contributed by atoms with van der Waals surface area (Å²) >= 11 is 0. The number of nitrogens with two attached hydrogens (primary N) is 2. The van der Waals surface area contributed by atoms with Gasteiger partial charge in [-0.05, 0) is 39.9 Å². The molecule has 0 saturated heterocycles. The van der Waals surface area contributed by atoms with Crippen LogP contribution in [0.3, 0.4) is 0 Å². The van der Waals surface area contributed by atoms with Crippen molar-refractivity contribution in [3.63, 3.8) is 0 Å². The third kappa shape index (κ3) is 4.52. The molecule has 0 fully saturated rings. The van der Waals surface area contributed by atoms with E-state index < -0.39 is 11.8 Å². The molecule has 5 nitrogen and oxygen atoms in total. The van der Waals surface area contributed by atoms with Crippen molar-refractivity contribution in [3.8, 4) is 0 Å². The van der Waals surface area contributed by atoms with Gasteiger partial charge in [-0.2, -0.15) is 0 Å². The minimum Gasteiger partial charge on any atom is -0.395 e. The van der Waals surface area contributed by atoms with E-state index in [9.17, 15) is 8.78 Å². The average Bonchev–Trinajstić information content (AvgIpc) is 2.53. The third-order valence-electron chi connectivity index (χ3n) is 5.76. The van der Waals surface area contributed by atoms with Crippen molar-refractivity contribution in [3.05, 3.63) is 11.8 Å². The van der Waals surface area contributed by atoms with E-state index in [1.54, 1.807) is 6.92 Å². The second-order valence-corrected chi connectivity index (χ2v) is 7.32. The second kappa shape index (κ2) is 9.20. The van der Waals surface area contributed by atoms with Gasteiger partial charge in [-0.1, -0.05) is 13.8 Å². The zero-order valence-electron chi connectivity index (χ0n) is 15.6. The molecule has 0 saturated carbocycles. The van der Waals surface area contributed by atoms with E-state index >= 15 is 0 Å². The van der Waals surface area contributed by atoms with Gasteiger partial charge in [0.25, 0.3) is 0 Å². The lowest BCUT2D eigenvalue weighted by molar-refractivity contribution is -0.643. The van der Waals surface area contributed by atoms with Gasteiger partial charge in [0, 0.05) is 24.1 Å². The molecular weight excluding hydrogens is 314 g/mol. The highest BCUT2D eigenvalue weighted by atomic mass is 19.3. The van der Waals surface area contributed by atoms with E-state index in [1.165, 1.54) is 0 Å². The second-order valence-electron chi connectivity index (χ2n) is 7.32. The highest BCUT2D eigenvalue weighted by Gasteiger charge is 2.52. The molecule has 0 aromatic rings. The van der Waals surface area contributed by atoms with Gasteiger partial charge in [-0.15, -0.1) is 0 Å². The Morgan fingerprint density at radius 1 is 1.46 bits per heavy atom. The normalized spacial score (nSPS) is 30.5. The lowest BCUT2D eigenvalue weighted by atomic mass is 9.65. The Labute approximate surface area is 144 Å². The smallest absolute Gasteiger partial charge is 0.248 e. The standard InChI is InChI=1S/C17H34F2N4O/c1-11(6-7-23(5)8-9-24)14(21-4)13-10-22-15(20)12(2)17(13,3)16(18)19/h10-12,14-16,21-22,24H,6-9,20H2,1-5H3/p+1. The molecule has 24 heavy (non-hydrogen) atoms. The SMILES string of the molecule is CNC(C1=C[NH2+]C(N)C(C)C1(C)C(F)F)C(C)CCN(C)CCO. The van der Waals surface area contributed by atoms with Crippen LogP contribution < -0.4 is 16.4 Å². The number of quaternary nitrogens is 1. The van der Waals surface area contributed by atoms with Gasteiger partial charge in [-0.25, -0.2) is 8.78 Å². The Morgan fingerprint density at radius 2 is 2.08 bits per heavy atom. The summed E-state index contributed by atoms with van der Waals surface area (Å²) in [7, 11) is 3.78. The van der Waals surface area contributed by atoms with Crippen molar-refractivity contribution in [2.24, 2.45) is 23.0 Å². The maximum absolute atomic E-state index is 14.0. The lowest BCUT2D eigenvalue weighted by Crippen LogP contribution is -2.93. The Kier molecular flexibility index (Phi) is 8.22. The van der Waals surface area contributed by atoms with Gasteiger partial charge >= 0.3 is 0 Å². The van der Waals surface area contributed by atoms with E-state index in [-0.39, 0.29) is 30.7 Å². The molecule has 1 rings (SSSR count). The van der Waals surface area contributed by atoms with Crippen molar-refractivity contribution in [1.82, 2.24) is 10.2 Å². The molecule has 0 aromatic heterocycles. The molecular formula is C17H35F2N4O+. The molecule has 1 heterocycles. The summed E-state index contributed by atoms with van der Waals surface area (Å²) in [5.74, 6) is -0.131. The summed E-state index contributed by atoms with van der Waals surface area (Å²) in [4.78, 5) is 2.05. The van der Waals surface area contributed by atoms with Gasteiger partial charge in [0.2, 0.25) is 6.43 Å². The zero-order valence-corrected chi connectivity index (χ0v) is 15.6. The molecule has 0 radical (unpaired) electrons. The van der Waals surface area contributed by atoms with Crippen LogP contribution in [-0.4, -0.2) is 62.4 Å². The molecule has 7 heteroatoms.